The van der Waals surface area contributed by atoms with Crippen LogP contribution in [-0.4, -0.2) is 17.7 Å². The monoisotopic (exact) mass is 306 g/mol. The van der Waals surface area contributed by atoms with Crippen molar-refractivity contribution in [3.8, 4) is 5.75 Å². The molecule has 5 heteroatoms. The van der Waals surface area contributed by atoms with Crippen LogP contribution in [0.2, 0.25) is 0 Å². The van der Waals surface area contributed by atoms with Gasteiger partial charge in [0.25, 0.3) is 0 Å². The molecule has 0 aliphatic carbocycles. The highest BCUT2D eigenvalue weighted by Crippen LogP contribution is 2.40. The van der Waals surface area contributed by atoms with E-state index in [1.165, 1.54) is 0 Å². The molecule has 2 aromatic carbocycles. The fourth-order valence-corrected chi connectivity index (χ4v) is 2.79. The number of rotatable bonds is 1. The second-order valence-electron chi connectivity index (χ2n) is 5.22. The van der Waals surface area contributed by atoms with Crippen LogP contribution < -0.4 is 4.74 Å². The third kappa shape index (κ3) is 1.97. The van der Waals surface area contributed by atoms with Gasteiger partial charge in [0, 0.05) is 5.56 Å². The minimum Gasteiger partial charge on any atom is -0.422 e. The molecule has 23 heavy (non-hydrogen) atoms. The molecular weight excluding hydrogens is 296 g/mol. The molecule has 0 saturated carbocycles. The van der Waals surface area contributed by atoms with E-state index in [1.807, 2.05) is 0 Å². The van der Waals surface area contributed by atoms with Crippen molar-refractivity contribution in [2.75, 3.05) is 0 Å². The van der Waals surface area contributed by atoms with Gasteiger partial charge in [-0.25, -0.2) is 4.79 Å². The summed E-state index contributed by atoms with van der Waals surface area (Å²) in [6, 6.07) is 15.3. The smallest absolute Gasteiger partial charge is 0.348 e. The average molecular weight is 306 g/mol. The van der Waals surface area contributed by atoms with Crippen molar-refractivity contribution >= 4 is 23.3 Å². The second-order valence-corrected chi connectivity index (χ2v) is 5.22. The highest BCUT2D eigenvalue weighted by atomic mass is 16.6. The van der Waals surface area contributed by atoms with Crippen LogP contribution in [0.25, 0.3) is 5.57 Å². The molecule has 0 unspecified atom stereocenters. The van der Waals surface area contributed by atoms with E-state index in [2.05, 4.69) is 0 Å². The molecule has 4 rings (SSSR count). The quantitative estimate of drug-likeness (QED) is 0.350. The van der Waals surface area contributed by atoms with Crippen LogP contribution in [0, 0.1) is 0 Å². The number of fused-ring (bicyclic) bond motifs is 1. The van der Waals surface area contributed by atoms with Crippen molar-refractivity contribution in [3.05, 3.63) is 71.5 Å². The minimum atomic E-state index is -1.04. The summed E-state index contributed by atoms with van der Waals surface area (Å²) in [7, 11) is 0. The molecule has 0 spiro atoms. The molecule has 2 aromatic rings. The Morgan fingerprint density at radius 2 is 1.48 bits per heavy atom. The summed E-state index contributed by atoms with van der Waals surface area (Å²) in [6.45, 7) is 0. The van der Waals surface area contributed by atoms with E-state index >= 15 is 0 Å². The first-order valence-electron chi connectivity index (χ1n) is 7.03. The zero-order valence-corrected chi connectivity index (χ0v) is 11.8. The van der Waals surface area contributed by atoms with Gasteiger partial charge in [-0.2, -0.15) is 0 Å². The average Bonchev–Trinajstić information content (AvgIpc) is 3.03. The van der Waals surface area contributed by atoms with E-state index in [-0.39, 0.29) is 11.3 Å². The molecule has 5 nitrogen and oxygen atoms in total. The predicted molar refractivity (Wildman–Crippen MR) is 79.3 cm³/mol. The van der Waals surface area contributed by atoms with Crippen LogP contribution >= 0.6 is 0 Å². The number of para-hydroxylation sites is 1. The summed E-state index contributed by atoms with van der Waals surface area (Å²) < 4.78 is 10.3. The second kappa shape index (κ2) is 4.91. The Bertz CT molecular complexity index is 879. The standard InChI is InChI=1S/C18H10O5/c19-15-13(10-6-2-1-3-7-10)17(20)23-16(15)14-11-8-4-5-9-12(11)22-18(14)21/h1-9,13H/b16-14+/t13-/m1/s1. The van der Waals surface area contributed by atoms with Gasteiger partial charge in [-0.1, -0.05) is 48.5 Å². The van der Waals surface area contributed by atoms with Crippen molar-refractivity contribution in [3.63, 3.8) is 0 Å². The number of Topliss-reactive ketones (excluding diaryl/α,β-unsaturated/α-hetero) is 1. The number of carbonyl (C=O) groups is 3. The number of carbonyl (C=O) groups excluding carboxylic acids is 3. The summed E-state index contributed by atoms with van der Waals surface area (Å²) in [5.41, 5.74) is 1.01. The summed E-state index contributed by atoms with van der Waals surface area (Å²) in [5.74, 6) is -2.81. The summed E-state index contributed by atoms with van der Waals surface area (Å²) >= 11 is 0. The first kappa shape index (κ1) is 13.5. The SMILES string of the molecule is O=C1Oc2ccccc2/C1=C1\OC(=O)[C@H](c2ccccc2)C1=O. The Morgan fingerprint density at radius 3 is 2.26 bits per heavy atom. The minimum absolute atomic E-state index is 0.0115. The molecular formula is C18H10O5. The third-order valence-electron chi connectivity index (χ3n) is 3.85. The molecule has 0 aromatic heterocycles. The number of ether oxygens (including phenoxy) is 2. The first-order valence-corrected chi connectivity index (χ1v) is 7.03. The molecule has 2 aliphatic heterocycles. The zero-order valence-electron chi connectivity index (χ0n) is 11.8. The Labute approximate surface area is 131 Å². The maximum atomic E-state index is 12.6. The lowest BCUT2D eigenvalue weighted by atomic mass is 9.94. The first-order chi connectivity index (χ1) is 11.2. The van der Waals surface area contributed by atoms with Gasteiger partial charge in [0.2, 0.25) is 5.78 Å². The predicted octanol–water partition coefficient (Wildman–Crippen LogP) is 2.23. The molecule has 0 amide bonds. The Balaban J connectivity index is 1.84. The molecule has 0 bridgehead atoms. The molecule has 112 valence electrons. The van der Waals surface area contributed by atoms with Crippen molar-refractivity contribution in [1.29, 1.82) is 0 Å². The lowest BCUT2D eigenvalue weighted by Gasteiger charge is -2.02. The van der Waals surface area contributed by atoms with Crippen LogP contribution in [-0.2, 0) is 19.1 Å². The normalized spacial score (nSPS) is 22.8. The van der Waals surface area contributed by atoms with Gasteiger partial charge in [0.1, 0.15) is 17.2 Å². The van der Waals surface area contributed by atoms with Crippen LogP contribution in [0.5, 0.6) is 5.75 Å². The topological polar surface area (TPSA) is 69.7 Å². The van der Waals surface area contributed by atoms with Gasteiger partial charge in [0.05, 0.1) is 0 Å². The number of allylic oxidation sites excluding steroid dienone is 1. The summed E-state index contributed by atoms with van der Waals surface area (Å²) in [6.07, 6.45) is 0. The number of ketones is 1. The van der Waals surface area contributed by atoms with E-state index in [9.17, 15) is 14.4 Å². The highest BCUT2D eigenvalue weighted by molar-refractivity contribution is 6.31. The van der Waals surface area contributed by atoms with Gasteiger partial charge in [0.15, 0.2) is 5.76 Å². The van der Waals surface area contributed by atoms with Crippen LogP contribution in [0.3, 0.4) is 0 Å². The lowest BCUT2D eigenvalue weighted by molar-refractivity contribution is -0.136. The molecule has 0 radical (unpaired) electrons. The third-order valence-corrected chi connectivity index (χ3v) is 3.85. The molecule has 1 saturated heterocycles. The van der Waals surface area contributed by atoms with Crippen molar-refractivity contribution in [2.45, 2.75) is 5.92 Å². The van der Waals surface area contributed by atoms with Crippen molar-refractivity contribution in [1.82, 2.24) is 0 Å². The highest BCUT2D eigenvalue weighted by Gasteiger charge is 2.46. The van der Waals surface area contributed by atoms with Crippen molar-refractivity contribution < 1.29 is 23.9 Å². The van der Waals surface area contributed by atoms with Crippen LogP contribution in [0.4, 0.5) is 0 Å². The molecule has 0 N–H and O–H groups in total. The maximum absolute atomic E-state index is 12.6. The van der Waals surface area contributed by atoms with E-state index in [4.69, 9.17) is 9.47 Å². The summed E-state index contributed by atoms with van der Waals surface area (Å²) in [5, 5.41) is 0. The number of benzene rings is 2. The van der Waals surface area contributed by atoms with Crippen LogP contribution in [0.15, 0.2) is 60.4 Å². The van der Waals surface area contributed by atoms with E-state index in [0.717, 1.165) is 0 Å². The molecule has 1 fully saturated rings. The van der Waals surface area contributed by atoms with Gasteiger partial charge in [-0.15, -0.1) is 0 Å². The number of hydrogen-bond donors (Lipinski definition) is 0. The zero-order chi connectivity index (χ0) is 16.0. The van der Waals surface area contributed by atoms with Gasteiger partial charge in [-0.05, 0) is 11.6 Å². The molecule has 2 heterocycles. The van der Waals surface area contributed by atoms with E-state index in [0.29, 0.717) is 16.9 Å². The van der Waals surface area contributed by atoms with Gasteiger partial charge < -0.3 is 9.47 Å². The fourth-order valence-electron chi connectivity index (χ4n) is 2.79. The lowest BCUT2D eigenvalue weighted by Crippen LogP contribution is -2.13. The Morgan fingerprint density at radius 1 is 0.783 bits per heavy atom. The number of hydrogen-bond acceptors (Lipinski definition) is 5. The van der Waals surface area contributed by atoms with E-state index < -0.39 is 23.6 Å². The Kier molecular flexibility index (Phi) is 2.87. The fraction of sp³-hybridized carbons (Fsp3) is 0.0556. The van der Waals surface area contributed by atoms with E-state index in [1.54, 1.807) is 54.6 Å². The van der Waals surface area contributed by atoms with Crippen molar-refractivity contribution in [2.24, 2.45) is 0 Å². The number of esters is 2. The molecule has 2 aliphatic rings. The van der Waals surface area contributed by atoms with Gasteiger partial charge >= 0.3 is 11.9 Å². The largest absolute Gasteiger partial charge is 0.422 e. The van der Waals surface area contributed by atoms with Crippen LogP contribution in [0.1, 0.15) is 17.0 Å². The number of cyclic esters (lactones) is 1. The molecule has 1 atom stereocenters. The Hall–Kier alpha value is -3.21. The summed E-state index contributed by atoms with van der Waals surface area (Å²) in [4.78, 5) is 36.9. The maximum Gasteiger partial charge on any atom is 0.348 e. The van der Waals surface area contributed by atoms with Gasteiger partial charge in [-0.3, -0.25) is 9.59 Å².